The normalized spacial score (nSPS) is 11.4. The summed E-state index contributed by atoms with van der Waals surface area (Å²) in [5.41, 5.74) is 0.821. The van der Waals surface area contributed by atoms with Crippen LogP contribution in [0.4, 0.5) is 4.79 Å². The van der Waals surface area contributed by atoms with Crippen molar-refractivity contribution in [3.63, 3.8) is 0 Å². The molecule has 0 saturated carbocycles. The minimum atomic E-state index is -1.02. The Hall–Kier alpha value is -2.48. The van der Waals surface area contributed by atoms with E-state index >= 15 is 0 Å². The molecule has 1 rings (SSSR count). The summed E-state index contributed by atoms with van der Waals surface area (Å²) in [6.45, 7) is 0.0533. The molecule has 8 nitrogen and oxygen atoms in total. The van der Waals surface area contributed by atoms with Crippen LogP contribution in [0, 0.1) is 5.92 Å². The third-order valence-corrected chi connectivity index (χ3v) is 3.17. The summed E-state index contributed by atoms with van der Waals surface area (Å²) in [6, 6.07) is 4.84. The Morgan fingerprint density at radius 1 is 1.17 bits per heavy atom. The Kier molecular flexibility index (Phi) is 7.69. The van der Waals surface area contributed by atoms with Gasteiger partial charge in [-0.25, -0.2) is 4.79 Å². The Bertz CT molecular complexity index is 535. The van der Waals surface area contributed by atoms with E-state index in [-0.39, 0.29) is 26.1 Å². The highest BCUT2D eigenvalue weighted by Crippen LogP contribution is 2.27. The molecule has 0 aliphatic heterocycles. The van der Waals surface area contributed by atoms with E-state index in [0.717, 1.165) is 5.56 Å². The summed E-state index contributed by atoms with van der Waals surface area (Å²) in [5, 5.41) is 22.9. The number of benzene rings is 1. The summed E-state index contributed by atoms with van der Waals surface area (Å²) in [7, 11) is 3.07. The van der Waals surface area contributed by atoms with Gasteiger partial charge in [-0.3, -0.25) is 4.79 Å². The van der Waals surface area contributed by atoms with Gasteiger partial charge < -0.3 is 30.3 Å². The second kappa shape index (κ2) is 9.52. The number of rotatable bonds is 9. The van der Waals surface area contributed by atoms with E-state index in [9.17, 15) is 9.59 Å². The maximum Gasteiger partial charge on any atom is 0.315 e. The number of aliphatic carboxylic acids is 1. The molecule has 0 fully saturated rings. The molecule has 2 amide bonds. The first-order chi connectivity index (χ1) is 11.0. The number of ether oxygens (including phenoxy) is 2. The molecule has 8 heteroatoms. The Morgan fingerprint density at radius 2 is 1.87 bits per heavy atom. The molecule has 0 aliphatic carbocycles. The molecule has 1 aromatic carbocycles. The molecule has 1 unspecified atom stereocenters. The van der Waals surface area contributed by atoms with E-state index in [1.54, 1.807) is 18.2 Å². The van der Waals surface area contributed by atoms with E-state index in [1.165, 1.54) is 14.2 Å². The molecule has 0 saturated heterocycles. The van der Waals surface area contributed by atoms with Crippen LogP contribution in [0.3, 0.4) is 0 Å². The highest BCUT2D eigenvalue weighted by atomic mass is 16.5. The summed E-state index contributed by atoms with van der Waals surface area (Å²) in [5.74, 6) is -0.370. The number of amides is 2. The zero-order valence-electron chi connectivity index (χ0n) is 13.2. The van der Waals surface area contributed by atoms with Crippen LogP contribution in [-0.2, 0) is 11.3 Å². The molecule has 128 valence electrons. The molecule has 0 aliphatic rings. The molecule has 0 aromatic heterocycles. The van der Waals surface area contributed by atoms with E-state index in [4.69, 9.17) is 19.7 Å². The van der Waals surface area contributed by atoms with Gasteiger partial charge in [0.15, 0.2) is 11.5 Å². The molecule has 1 aromatic rings. The van der Waals surface area contributed by atoms with Crippen molar-refractivity contribution in [2.45, 2.75) is 13.0 Å². The van der Waals surface area contributed by atoms with E-state index in [1.807, 2.05) is 0 Å². The van der Waals surface area contributed by atoms with Crippen LogP contribution in [0.1, 0.15) is 12.0 Å². The summed E-state index contributed by atoms with van der Waals surface area (Å²) in [6.07, 6.45) is -0.202. The number of methoxy groups -OCH3 is 2. The van der Waals surface area contributed by atoms with Gasteiger partial charge in [0.25, 0.3) is 0 Å². The third kappa shape index (κ3) is 6.43. The van der Waals surface area contributed by atoms with E-state index < -0.39 is 17.9 Å². The first-order valence-corrected chi connectivity index (χ1v) is 7.05. The molecule has 23 heavy (non-hydrogen) atoms. The van der Waals surface area contributed by atoms with Crippen molar-refractivity contribution < 1.29 is 29.3 Å². The van der Waals surface area contributed by atoms with Crippen LogP contribution in [0.25, 0.3) is 0 Å². The lowest BCUT2D eigenvalue weighted by molar-refractivity contribution is -0.138. The van der Waals surface area contributed by atoms with Crippen molar-refractivity contribution in [2.24, 2.45) is 5.92 Å². The maximum absolute atomic E-state index is 11.7. The van der Waals surface area contributed by atoms with Crippen molar-refractivity contribution in [3.8, 4) is 11.5 Å². The smallest absolute Gasteiger partial charge is 0.315 e. The average molecular weight is 326 g/mol. The van der Waals surface area contributed by atoms with Crippen LogP contribution in [0.5, 0.6) is 11.5 Å². The number of carboxylic acids is 1. The fourth-order valence-electron chi connectivity index (χ4n) is 1.92. The number of carboxylic acid groups (broad SMARTS) is 1. The van der Waals surface area contributed by atoms with Crippen molar-refractivity contribution in [1.29, 1.82) is 0 Å². The lowest BCUT2D eigenvalue weighted by Crippen LogP contribution is -2.39. The second-order valence-electron chi connectivity index (χ2n) is 4.90. The number of carbonyl (C=O) groups excluding carboxylic acids is 1. The van der Waals surface area contributed by atoms with Gasteiger partial charge >= 0.3 is 12.0 Å². The Balaban J connectivity index is 2.45. The predicted molar refractivity (Wildman–Crippen MR) is 82.6 cm³/mol. The fourth-order valence-corrected chi connectivity index (χ4v) is 1.92. The molecule has 0 bridgehead atoms. The van der Waals surface area contributed by atoms with E-state index in [2.05, 4.69) is 10.6 Å². The number of nitrogens with one attached hydrogen (secondary N) is 2. The van der Waals surface area contributed by atoms with Crippen molar-refractivity contribution in [1.82, 2.24) is 10.6 Å². The lowest BCUT2D eigenvalue weighted by atomic mass is 10.1. The number of urea groups is 1. The van der Waals surface area contributed by atoms with Gasteiger partial charge in [-0.2, -0.15) is 0 Å². The van der Waals surface area contributed by atoms with Gasteiger partial charge in [0.05, 0.1) is 20.6 Å². The first-order valence-electron chi connectivity index (χ1n) is 7.05. The van der Waals surface area contributed by atoms with Crippen molar-refractivity contribution in [2.75, 3.05) is 27.4 Å². The molecule has 0 radical (unpaired) electrons. The topological polar surface area (TPSA) is 117 Å². The van der Waals surface area contributed by atoms with Crippen LogP contribution in [0.15, 0.2) is 18.2 Å². The van der Waals surface area contributed by atoms with Gasteiger partial charge in [-0.1, -0.05) is 6.07 Å². The Morgan fingerprint density at radius 3 is 2.43 bits per heavy atom. The zero-order chi connectivity index (χ0) is 17.2. The fraction of sp³-hybridized carbons (Fsp3) is 0.467. The Labute approximate surface area is 134 Å². The highest BCUT2D eigenvalue weighted by Gasteiger charge is 2.13. The second-order valence-corrected chi connectivity index (χ2v) is 4.90. The molecule has 0 spiro atoms. The van der Waals surface area contributed by atoms with Crippen LogP contribution in [-0.4, -0.2) is 49.6 Å². The zero-order valence-corrected chi connectivity index (χ0v) is 13.2. The van der Waals surface area contributed by atoms with Gasteiger partial charge in [-0.15, -0.1) is 0 Å². The highest BCUT2D eigenvalue weighted by molar-refractivity contribution is 5.74. The van der Waals surface area contributed by atoms with Crippen molar-refractivity contribution in [3.05, 3.63) is 23.8 Å². The van der Waals surface area contributed by atoms with Crippen molar-refractivity contribution >= 4 is 12.0 Å². The first kappa shape index (κ1) is 18.6. The number of hydrogen-bond acceptors (Lipinski definition) is 5. The largest absolute Gasteiger partial charge is 0.493 e. The average Bonchev–Trinajstić information content (AvgIpc) is 2.55. The predicted octanol–water partition coefficient (Wildman–Crippen LogP) is 0.586. The number of hydrogen-bond donors (Lipinski definition) is 4. The minimum absolute atomic E-state index is 0.0839. The SMILES string of the molecule is COc1ccc(CNC(=O)NCC(CO)CC(=O)O)cc1OC. The monoisotopic (exact) mass is 326 g/mol. The standard InChI is InChI=1S/C15H22N2O6/c1-22-12-4-3-10(5-13(12)23-2)7-16-15(21)17-8-11(9-18)6-14(19)20/h3-5,11,18H,6-9H2,1-2H3,(H,19,20)(H2,16,17,21). The molecule has 4 N–H and O–H groups in total. The van der Waals surface area contributed by atoms with Crippen LogP contribution < -0.4 is 20.1 Å². The van der Waals surface area contributed by atoms with Gasteiger partial charge in [-0.05, 0) is 17.7 Å². The number of carbonyl (C=O) groups is 2. The number of aliphatic hydroxyl groups is 1. The van der Waals surface area contributed by atoms with Gasteiger partial charge in [0.1, 0.15) is 0 Å². The van der Waals surface area contributed by atoms with E-state index in [0.29, 0.717) is 11.5 Å². The van der Waals surface area contributed by atoms with Crippen LogP contribution >= 0.6 is 0 Å². The molecule has 0 heterocycles. The van der Waals surface area contributed by atoms with Gasteiger partial charge in [0.2, 0.25) is 0 Å². The van der Waals surface area contributed by atoms with Gasteiger partial charge in [0, 0.05) is 25.6 Å². The third-order valence-electron chi connectivity index (χ3n) is 3.17. The molecular formula is C15H22N2O6. The summed E-state index contributed by atoms with van der Waals surface area (Å²) >= 11 is 0. The number of aliphatic hydroxyl groups excluding tert-OH is 1. The quantitative estimate of drug-likeness (QED) is 0.527. The lowest BCUT2D eigenvalue weighted by Gasteiger charge is -2.14. The summed E-state index contributed by atoms with van der Waals surface area (Å²) < 4.78 is 10.3. The minimum Gasteiger partial charge on any atom is -0.493 e. The molecule has 1 atom stereocenters. The molecular weight excluding hydrogens is 304 g/mol. The maximum atomic E-state index is 11.7. The van der Waals surface area contributed by atoms with Crippen LogP contribution in [0.2, 0.25) is 0 Å². The summed E-state index contributed by atoms with van der Waals surface area (Å²) in [4.78, 5) is 22.3.